The van der Waals surface area contributed by atoms with Crippen molar-refractivity contribution in [1.29, 1.82) is 0 Å². The number of halogens is 1. The molecule has 1 atom stereocenters. The number of aromatic nitrogens is 1. The molecule has 7 nitrogen and oxygen atoms in total. The number of carbonyl (C=O) groups excluding carboxylic acids is 2. The number of piperidine rings is 1. The number of nitrogens with one attached hydrogen (secondary N) is 1. The van der Waals surface area contributed by atoms with Crippen molar-refractivity contribution in [3.63, 3.8) is 0 Å². The van der Waals surface area contributed by atoms with E-state index in [0.717, 1.165) is 24.8 Å². The third-order valence-electron chi connectivity index (χ3n) is 6.85. The van der Waals surface area contributed by atoms with Gasteiger partial charge in [0.15, 0.2) is 6.23 Å². The number of aryl methyl sites for hydroxylation is 1. The molecule has 1 fully saturated rings. The molecule has 1 unspecified atom stereocenters. The third kappa shape index (κ3) is 5.09. The number of benzene rings is 2. The second-order valence-electron chi connectivity index (χ2n) is 9.49. The first kappa shape index (κ1) is 24.9. The average Bonchev–Trinajstić information content (AvgIpc) is 3.18. The summed E-state index contributed by atoms with van der Waals surface area (Å²) in [5, 5.41) is 10.9. The van der Waals surface area contributed by atoms with Crippen LogP contribution in [-0.4, -0.2) is 72.1 Å². The van der Waals surface area contributed by atoms with E-state index in [2.05, 4.69) is 4.98 Å². The lowest BCUT2D eigenvalue weighted by atomic mass is 9.90. The van der Waals surface area contributed by atoms with E-state index < -0.39 is 12.0 Å². The fourth-order valence-corrected chi connectivity index (χ4v) is 4.84. The van der Waals surface area contributed by atoms with E-state index in [1.54, 1.807) is 33.2 Å². The van der Waals surface area contributed by atoms with Crippen LogP contribution in [0.3, 0.4) is 0 Å². The molecule has 8 heteroatoms. The quantitative estimate of drug-likeness (QED) is 0.396. The van der Waals surface area contributed by atoms with Gasteiger partial charge in [0.1, 0.15) is 11.6 Å². The van der Waals surface area contributed by atoms with E-state index in [9.17, 15) is 19.1 Å². The van der Waals surface area contributed by atoms with E-state index in [1.165, 1.54) is 24.1 Å². The van der Waals surface area contributed by atoms with Crippen molar-refractivity contribution in [2.75, 3.05) is 34.3 Å². The van der Waals surface area contributed by atoms with E-state index in [1.807, 2.05) is 17.0 Å². The van der Waals surface area contributed by atoms with Gasteiger partial charge >= 0.3 is 0 Å². The second-order valence-corrected chi connectivity index (χ2v) is 9.49. The Bertz CT molecular complexity index is 1230. The minimum Gasteiger partial charge on any atom is -0.496 e. The molecule has 2 aromatic carbocycles. The highest BCUT2D eigenvalue weighted by molar-refractivity contribution is 6.13. The first-order valence-electron chi connectivity index (χ1n) is 11.8. The number of likely N-dealkylation sites (N-methyl/N-ethyl adjacent to an activating group) is 1. The summed E-state index contributed by atoms with van der Waals surface area (Å²) in [6, 6.07) is 10.0. The molecule has 0 aliphatic carbocycles. The number of methoxy groups -OCH3 is 1. The van der Waals surface area contributed by atoms with Crippen LogP contribution >= 0.6 is 0 Å². The minimum absolute atomic E-state index is 0.144. The van der Waals surface area contributed by atoms with Gasteiger partial charge in [-0.1, -0.05) is 12.1 Å². The van der Waals surface area contributed by atoms with Gasteiger partial charge in [-0.3, -0.25) is 14.5 Å². The average molecular weight is 482 g/mol. The highest BCUT2D eigenvalue weighted by atomic mass is 19.1. The number of hydrogen-bond donors (Lipinski definition) is 2. The van der Waals surface area contributed by atoms with Gasteiger partial charge in [-0.2, -0.15) is 0 Å². The monoisotopic (exact) mass is 481 g/mol. The molecule has 0 saturated carbocycles. The van der Waals surface area contributed by atoms with Crippen molar-refractivity contribution >= 4 is 22.6 Å². The molecule has 1 saturated heterocycles. The van der Waals surface area contributed by atoms with Gasteiger partial charge < -0.3 is 19.7 Å². The van der Waals surface area contributed by atoms with Crippen molar-refractivity contribution in [3.8, 4) is 5.75 Å². The molecule has 0 spiro atoms. The first-order chi connectivity index (χ1) is 16.7. The molecule has 186 valence electrons. The van der Waals surface area contributed by atoms with E-state index in [0.29, 0.717) is 52.5 Å². The molecule has 2 N–H and O–H groups in total. The zero-order chi connectivity index (χ0) is 25.3. The third-order valence-corrected chi connectivity index (χ3v) is 6.85. The van der Waals surface area contributed by atoms with Crippen LogP contribution in [0, 0.1) is 18.7 Å². The molecular weight excluding hydrogens is 449 g/mol. The van der Waals surface area contributed by atoms with E-state index in [4.69, 9.17) is 4.74 Å². The Morgan fingerprint density at radius 1 is 1.20 bits per heavy atom. The molecule has 3 aromatic rings. The molecule has 1 aromatic heterocycles. The number of amides is 1. The highest BCUT2D eigenvalue weighted by Crippen LogP contribution is 2.32. The standard InChI is InChI=1S/C27H32FN3O4/c1-16-24(25(32)27(34)30(2)3)20-14-21(23(35-4)15-22(20)29-16)26(33)31-11-9-18(10-12-31)13-17-5-7-19(28)8-6-17/h5-8,14-15,18,27,29,34H,9-13H2,1-4H3. The second kappa shape index (κ2) is 10.2. The van der Waals surface area contributed by atoms with Crippen LogP contribution in [0.25, 0.3) is 10.9 Å². The Hall–Kier alpha value is -3.23. The number of hydrogen-bond acceptors (Lipinski definition) is 5. The molecule has 1 aliphatic heterocycles. The van der Waals surface area contributed by atoms with E-state index >= 15 is 0 Å². The SMILES string of the molecule is COc1cc2[nH]c(C)c(C(=O)C(O)N(C)C)c2cc1C(=O)N1CCC(Cc2ccc(F)cc2)CC1. The molecule has 0 radical (unpaired) electrons. The van der Waals surface area contributed by atoms with Crippen LogP contribution in [0.5, 0.6) is 5.75 Å². The number of carbonyl (C=O) groups is 2. The van der Waals surface area contributed by atoms with Gasteiger partial charge in [0.05, 0.1) is 23.8 Å². The Morgan fingerprint density at radius 3 is 2.46 bits per heavy atom. The molecule has 1 amide bonds. The number of rotatable bonds is 7. The number of ketones is 1. The van der Waals surface area contributed by atoms with Gasteiger partial charge in [-0.15, -0.1) is 0 Å². The molecule has 2 heterocycles. The lowest BCUT2D eigenvalue weighted by Gasteiger charge is -2.32. The van der Waals surface area contributed by atoms with Crippen LogP contribution in [0.1, 0.15) is 44.8 Å². The summed E-state index contributed by atoms with van der Waals surface area (Å²) in [6.07, 6.45) is 1.29. The van der Waals surface area contributed by atoms with Crippen molar-refractivity contribution in [3.05, 3.63) is 64.6 Å². The fraction of sp³-hybridized carbons (Fsp3) is 0.407. The normalized spacial score (nSPS) is 15.6. The van der Waals surface area contributed by atoms with Gasteiger partial charge in [0, 0.05) is 30.2 Å². The van der Waals surface area contributed by atoms with Crippen molar-refractivity contribution < 1.29 is 23.8 Å². The molecule has 1 aliphatic rings. The van der Waals surface area contributed by atoms with Crippen LogP contribution in [0.2, 0.25) is 0 Å². The van der Waals surface area contributed by atoms with E-state index in [-0.39, 0.29) is 11.7 Å². The maximum absolute atomic E-state index is 13.5. The van der Waals surface area contributed by atoms with Gasteiger partial charge in [-0.05, 0) is 70.0 Å². The Kier molecular flexibility index (Phi) is 7.23. The number of H-pyrrole nitrogens is 1. The Morgan fingerprint density at radius 2 is 1.86 bits per heavy atom. The Balaban J connectivity index is 1.55. The number of aliphatic hydroxyl groups excluding tert-OH is 1. The van der Waals surface area contributed by atoms with Crippen LogP contribution in [0.15, 0.2) is 36.4 Å². The number of aliphatic hydroxyl groups is 1. The lowest BCUT2D eigenvalue weighted by molar-refractivity contribution is 0.0331. The summed E-state index contributed by atoms with van der Waals surface area (Å²) in [7, 11) is 4.78. The van der Waals surface area contributed by atoms with Crippen molar-refractivity contribution in [2.24, 2.45) is 5.92 Å². The topological polar surface area (TPSA) is 85.9 Å². The van der Waals surface area contributed by atoms with Crippen LogP contribution in [-0.2, 0) is 6.42 Å². The zero-order valence-corrected chi connectivity index (χ0v) is 20.6. The largest absolute Gasteiger partial charge is 0.496 e. The number of fused-ring (bicyclic) bond motifs is 1. The molecule has 0 bridgehead atoms. The van der Waals surface area contributed by atoms with Crippen LogP contribution < -0.4 is 4.74 Å². The Labute approximate surface area is 204 Å². The summed E-state index contributed by atoms with van der Waals surface area (Å²) < 4.78 is 18.7. The number of nitrogens with zero attached hydrogens (tertiary/aromatic N) is 2. The molecule has 35 heavy (non-hydrogen) atoms. The van der Waals surface area contributed by atoms with Gasteiger partial charge in [-0.25, -0.2) is 4.39 Å². The fourth-order valence-electron chi connectivity index (χ4n) is 4.84. The number of likely N-dealkylation sites (tertiary alicyclic amines) is 1. The van der Waals surface area contributed by atoms with Gasteiger partial charge in [0.25, 0.3) is 5.91 Å². The highest BCUT2D eigenvalue weighted by Gasteiger charge is 2.29. The van der Waals surface area contributed by atoms with Crippen molar-refractivity contribution in [1.82, 2.24) is 14.8 Å². The maximum Gasteiger partial charge on any atom is 0.257 e. The summed E-state index contributed by atoms with van der Waals surface area (Å²) in [4.78, 5) is 32.9. The number of aromatic amines is 1. The minimum atomic E-state index is -1.28. The summed E-state index contributed by atoms with van der Waals surface area (Å²) in [5.74, 6) is 0.0550. The summed E-state index contributed by atoms with van der Waals surface area (Å²) in [6.45, 7) is 3.00. The molecular formula is C27H32FN3O4. The smallest absolute Gasteiger partial charge is 0.257 e. The lowest BCUT2D eigenvalue weighted by Crippen LogP contribution is -2.39. The summed E-state index contributed by atoms with van der Waals surface area (Å²) >= 11 is 0. The molecule has 4 rings (SSSR count). The predicted molar refractivity (Wildman–Crippen MR) is 132 cm³/mol. The van der Waals surface area contributed by atoms with Crippen molar-refractivity contribution in [2.45, 2.75) is 32.4 Å². The summed E-state index contributed by atoms with van der Waals surface area (Å²) in [5.41, 5.74) is 3.16. The van der Waals surface area contributed by atoms with Crippen LogP contribution in [0.4, 0.5) is 4.39 Å². The zero-order valence-electron chi connectivity index (χ0n) is 20.6. The number of Topliss-reactive ketones (excluding diaryl/α,β-unsaturated/α-hetero) is 1. The first-order valence-corrected chi connectivity index (χ1v) is 11.8. The van der Waals surface area contributed by atoms with Gasteiger partial charge in [0.2, 0.25) is 5.78 Å². The maximum atomic E-state index is 13.5. The number of ether oxygens (including phenoxy) is 1. The predicted octanol–water partition coefficient (Wildman–Crippen LogP) is 3.78.